The molecule has 94 valence electrons. The lowest BCUT2D eigenvalue weighted by Crippen LogP contribution is -1.90. The van der Waals surface area contributed by atoms with E-state index in [2.05, 4.69) is 25.9 Å². The Morgan fingerprint density at radius 1 is 1.21 bits per heavy atom. The van der Waals surface area contributed by atoms with E-state index in [1.165, 1.54) is 12.4 Å². The molecule has 0 atom stereocenters. The zero-order chi connectivity index (χ0) is 13.4. The van der Waals surface area contributed by atoms with E-state index in [0.717, 1.165) is 26.5 Å². The molecule has 0 amide bonds. The van der Waals surface area contributed by atoms with Gasteiger partial charge in [-0.25, -0.2) is 14.4 Å². The van der Waals surface area contributed by atoms with Gasteiger partial charge in [-0.3, -0.25) is 0 Å². The first-order valence-corrected chi connectivity index (χ1v) is 6.61. The second-order valence-corrected chi connectivity index (χ2v) is 5.20. The van der Waals surface area contributed by atoms with E-state index in [-0.39, 0.29) is 5.82 Å². The maximum atomic E-state index is 14.0. The predicted octanol–water partition coefficient (Wildman–Crippen LogP) is 4.51. The third kappa shape index (κ3) is 2.12. The van der Waals surface area contributed by atoms with Crippen LogP contribution in [0.1, 0.15) is 5.56 Å². The topological polar surface area (TPSA) is 25.8 Å². The van der Waals surface area contributed by atoms with E-state index in [1.54, 1.807) is 12.3 Å². The van der Waals surface area contributed by atoms with Gasteiger partial charge >= 0.3 is 0 Å². The summed E-state index contributed by atoms with van der Waals surface area (Å²) in [6.07, 6.45) is 3.23. The van der Waals surface area contributed by atoms with Gasteiger partial charge in [-0.1, -0.05) is 12.1 Å². The van der Waals surface area contributed by atoms with E-state index < -0.39 is 0 Å². The van der Waals surface area contributed by atoms with Crippen molar-refractivity contribution in [1.29, 1.82) is 0 Å². The first-order valence-electron chi connectivity index (χ1n) is 5.81. The molecule has 3 rings (SSSR count). The molecule has 0 aliphatic rings. The highest BCUT2D eigenvalue weighted by atomic mass is 79.9. The molecule has 2 nitrogen and oxygen atoms in total. The van der Waals surface area contributed by atoms with E-state index >= 15 is 0 Å². The second kappa shape index (κ2) is 4.70. The molecule has 0 N–H and O–H groups in total. The summed E-state index contributed by atoms with van der Waals surface area (Å²) in [6, 6.07) is 8.89. The molecule has 0 radical (unpaired) electrons. The van der Waals surface area contributed by atoms with Crippen LogP contribution >= 0.6 is 15.9 Å². The molecule has 1 aromatic heterocycles. The summed E-state index contributed by atoms with van der Waals surface area (Å²) < 4.78 is 14.9. The van der Waals surface area contributed by atoms with Crippen molar-refractivity contribution >= 4 is 26.8 Å². The molecule has 0 saturated carbocycles. The second-order valence-electron chi connectivity index (χ2n) is 4.35. The fraction of sp³-hybridized carbons (Fsp3) is 0.0667. The molecule has 0 aliphatic carbocycles. The molecule has 2 aromatic carbocycles. The Balaban J connectivity index is 2.32. The van der Waals surface area contributed by atoms with Gasteiger partial charge in [0.05, 0.1) is 5.52 Å². The smallest absolute Gasteiger partial charge is 0.131 e. The minimum atomic E-state index is -0.219. The molecule has 19 heavy (non-hydrogen) atoms. The molecule has 0 bridgehead atoms. The van der Waals surface area contributed by atoms with Crippen molar-refractivity contribution in [2.75, 3.05) is 0 Å². The highest BCUT2D eigenvalue weighted by molar-refractivity contribution is 9.10. The molecule has 1 heterocycles. The highest BCUT2D eigenvalue weighted by Gasteiger charge is 2.11. The SMILES string of the molecule is Cc1cccc(F)c1-c1cc(Br)c2ncncc2c1. The summed E-state index contributed by atoms with van der Waals surface area (Å²) in [5.41, 5.74) is 3.18. The standard InChI is InChI=1S/C15H10BrFN2/c1-9-3-2-4-13(17)14(9)10-5-11-7-18-8-19-15(11)12(16)6-10/h2-8H,1H3. The first kappa shape index (κ1) is 12.2. The molecule has 4 heteroatoms. The Labute approximate surface area is 118 Å². The number of nitrogens with zero attached hydrogens (tertiary/aromatic N) is 2. The van der Waals surface area contributed by atoms with Crippen LogP contribution in [-0.4, -0.2) is 9.97 Å². The number of hydrogen-bond acceptors (Lipinski definition) is 2. The van der Waals surface area contributed by atoms with Gasteiger partial charge in [0.2, 0.25) is 0 Å². The number of hydrogen-bond donors (Lipinski definition) is 0. The average molecular weight is 317 g/mol. The van der Waals surface area contributed by atoms with Crippen molar-refractivity contribution in [3.8, 4) is 11.1 Å². The average Bonchev–Trinajstić information content (AvgIpc) is 2.38. The van der Waals surface area contributed by atoms with Crippen LogP contribution in [0.2, 0.25) is 0 Å². The number of aromatic nitrogens is 2. The Kier molecular flexibility index (Phi) is 3.03. The zero-order valence-corrected chi connectivity index (χ0v) is 11.8. The zero-order valence-electron chi connectivity index (χ0n) is 10.2. The number of benzene rings is 2. The summed E-state index contributed by atoms with van der Waals surface area (Å²) in [5.74, 6) is -0.219. The third-order valence-corrected chi connectivity index (χ3v) is 3.68. The van der Waals surface area contributed by atoms with Crippen LogP contribution in [0, 0.1) is 12.7 Å². The Morgan fingerprint density at radius 2 is 2.05 bits per heavy atom. The van der Waals surface area contributed by atoms with Gasteiger partial charge in [0.15, 0.2) is 0 Å². The van der Waals surface area contributed by atoms with E-state index in [4.69, 9.17) is 0 Å². The van der Waals surface area contributed by atoms with Gasteiger partial charge in [0.1, 0.15) is 12.1 Å². The monoisotopic (exact) mass is 316 g/mol. The van der Waals surface area contributed by atoms with Crippen molar-refractivity contribution in [3.63, 3.8) is 0 Å². The van der Waals surface area contributed by atoms with E-state index in [9.17, 15) is 4.39 Å². The molecule has 3 aromatic rings. The summed E-state index contributed by atoms with van der Waals surface area (Å²) >= 11 is 3.48. The fourth-order valence-corrected chi connectivity index (χ4v) is 2.78. The van der Waals surface area contributed by atoms with Crippen molar-refractivity contribution in [1.82, 2.24) is 9.97 Å². The minimum Gasteiger partial charge on any atom is -0.244 e. The Hall–Kier alpha value is -1.81. The van der Waals surface area contributed by atoms with Gasteiger partial charge in [-0.2, -0.15) is 0 Å². The van der Waals surface area contributed by atoms with Gasteiger partial charge < -0.3 is 0 Å². The van der Waals surface area contributed by atoms with Crippen molar-refractivity contribution < 1.29 is 4.39 Å². The molecule has 0 fully saturated rings. The quantitative estimate of drug-likeness (QED) is 0.660. The normalized spacial score (nSPS) is 10.9. The lowest BCUT2D eigenvalue weighted by Gasteiger charge is -2.09. The van der Waals surface area contributed by atoms with Crippen LogP contribution in [0.5, 0.6) is 0 Å². The van der Waals surface area contributed by atoms with Crippen LogP contribution in [-0.2, 0) is 0 Å². The Bertz CT molecular complexity index is 751. The molecule has 0 saturated heterocycles. The molecule has 0 aliphatic heterocycles. The summed E-state index contributed by atoms with van der Waals surface area (Å²) in [4.78, 5) is 8.22. The molecular weight excluding hydrogens is 307 g/mol. The first-order chi connectivity index (χ1) is 9.16. The van der Waals surface area contributed by atoms with Gasteiger partial charge in [0, 0.05) is 21.6 Å². The van der Waals surface area contributed by atoms with Gasteiger partial charge in [-0.15, -0.1) is 0 Å². The largest absolute Gasteiger partial charge is 0.244 e. The third-order valence-electron chi connectivity index (χ3n) is 3.07. The van der Waals surface area contributed by atoms with Crippen molar-refractivity contribution in [3.05, 3.63) is 58.7 Å². The molecular formula is C15H10BrFN2. The van der Waals surface area contributed by atoms with Crippen molar-refractivity contribution in [2.24, 2.45) is 0 Å². The van der Waals surface area contributed by atoms with Crippen LogP contribution in [0.15, 0.2) is 47.3 Å². The van der Waals surface area contributed by atoms with Crippen LogP contribution < -0.4 is 0 Å². The maximum Gasteiger partial charge on any atom is 0.131 e. The lowest BCUT2D eigenvalue weighted by molar-refractivity contribution is 0.630. The van der Waals surface area contributed by atoms with Crippen LogP contribution in [0.25, 0.3) is 22.0 Å². The van der Waals surface area contributed by atoms with E-state index in [0.29, 0.717) is 5.56 Å². The predicted molar refractivity (Wildman–Crippen MR) is 77.4 cm³/mol. The number of halogens is 2. The number of rotatable bonds is 1. The lowest BCUT2D eigenvalue weighted by atomic mass is 9.99. The molecule has 0 unspecified atom stereocenters. The Morgan fingerprint density at radius 3 is 2.84 bits per heavy atom. The van der Waals surface area contributed by atoms with Crippen LogP contribution in [0.4, 0.5) is 4.39 Å². The summed E-state index contributed by atoms with van der Waals surface area (Å²) in [5, 5.41) is 0.884. The van der Waals surface area contributed by atoms with Crippen molar-refractivity contribution in [2.45, 2.75) is 6.92 Å². The van der Waals surface area contributed by atoms with Gasteiger partial charge in [0.25, 0.3) is 0 Å². The van der Waals surface area contributed by atoms with E-state index in [1.807, 2.05) is 25.1 Å². The minimum absolute atomic E-state index is 0.219. The summed E-state index contributed by atoms with van der Waals surface area (Å²) in [7, 11) is 0. The van der Waals surface area contributed by atoms with Gasteiger partial charge in [-0.05, 0) is 52.2 Å². The summed E-state index contributed by atoms with van der Waals surface area (Å²) in [6.45, 7) is 1.90. The maximum absolute atomic E-state index is 14.0. The van der Waals surface area contributed by atoms with Crippen LogP contribution in [0.3, 0.4) is 0 Å². The fourth-order valence-electron chi connectivity index (χ4n) is 2.20. The number of fused-ring (bicyclic) bond motifs is 1. The number of aryl methyl sites for hydroxylation is 1. The molecule has 0 spiro atoms. The highest BCUT2D eigenvalue weighted by Crippen LogP contribution is 2.32.